The van der Waals surface area contributed by atoms with Crippen molar-refractivity contribution < 1.29 is 19.7 Å². The highest BCUT2D eigenvalue weighted by atomic mass is 16.5. The van der Waals surface area contributed by atoms with Crippen LogP contribution in [0.2, 0.25) is 0 Å². The van der Waals surface area contributed by atoms with Gasteiger partial charge in [0, 0.05) is 26.2 Å². The van der Waals surface area contributed by atoms with E-state index in [2.05, 4.69) is 18.7 Å². The van der Waals surface area contributed by atoms with Crippen LogP contribution in [0.4, 0.5) is 0 Å². The fourth-order valence-electron chi connectivity index (χ4n) is 5.37. The second-order valence-corrected chi connectivity index (χ2v) is 12.0. The molecule has 0 radical (unpaired) electrons. The molecular weight excluding hydrogens is 500 g/mol. The van der Waals surface area contributed by atoms with E-state index in [1.165, 1.54) is 116 Å². The van der Waals surface area contributed by atoms with Gasteiger partial charge >= 0.3 is 0 Å². The molecular formula is C34H72N2O4. The molecule has 4 N–H and O–H groups in total. The Morgan fingerprint density at radius 2 is 0.850 bits per heavy atom. The summed E-state index contributed by atoms with van der Waals surface area (Å²) in [6.07, 6.45) is 27.2. The molecule has 0 saturated carbocycles. The molecule has 0 saturated heterocycles. The smallest absolute Gasteiger partial charge is 0.0701 e. The van der Waals surface area contributed by atoms with Gasteiger partial charge in [-0.1, -0.05) is 142 Å². The first kappa shape index (κ1) is 39.8. The van der Waals surface area contributed by atoms with E-state index in [1.807, 2.05) is 0 Å². The highest BCUT2D eigenvalue weighted by Gasteiger charge is 2.16. The summed E-state index contributed by atoms with van der Waals surface area (Å²) in [6, 6.07) is 0. The van der Waals surface area contributed by atoms with Gasteiger partial charge in [0.1, 0.15) is 0 Å². The Labute approximate surface area is 250 Å². The van der Waals surface area contributed by atoms with Gasteiger partial charge in [0.15, 0.2) is 0 Å². The summed E-state index contributed by atoms with van der Waals surface area (Å²) in [5.41, 5.74) is 5.45. The molecule has 0 bridgehead atoms. The van der Waals surface area contributed by atoms with Crippen LogP contribution in [-0.2, 0) is 9.47 Å². The van der Waals surface area contributed by atoms with E-state index in [0.29, 0.717) is 46.1 Å². The molecule has 0 aromatic heterocycles. The van der Waals surface area contributed by atoms with Gasteiger partial charge in [-0.2, -0.15) is 0 Å². The molecule has 242 valence electrons. The van der Waals surface area contributed by atoms with Crippen molar-refractivity contribution in [3.63, 3.8) is 0 Å². The SMILES string of the molecule is CCCCCCCCCCCCC(O)CN(CCOCCOCCN)CC(O)CCCCCCCCCCCC. The summed E-state index contributed by atoms with van der Waals surface area (Å²) in [5.74, 6) is 0. The van der Waals surface area contributed by atoms with E-state index >= 15 is 0 Å². The van der Waals surface area contributed by atoms with Crippen molar-refractivity contribution in [3.8, 4) is 0 Å². The van der Waals surface area contributed by atoms with Crippen LogP contribution in [0, 0.1) is 0 Å². The monoisotopic (exact) mass is 573 g/mol. The highest BCUT2D eigenvalue weighted by Crippen LogP contribution is 2.14. The van der Waals surface area contributed by atoms with Gasteiger partial charge < -0.3 is 25.4 Å². The summed E-state index contributed by atoms with van der Waals surface area (Å²) in [6.45, 7) is 9.26. The maximum Gasteiger partial charge on any atom is 0.0701 e. The predicted octanol–water partition coefficient (Wildman–Crippen LogP) is 7.62. The molecule has 0 rings (SSSR count). The zero-order valence-electron chi connectivity index (χ0n) is 27.1. The zero-order chi connectivity index (χ0) is 29.4. The van der Waals surface area contributed by atoms with Crippen LogP contribution in [0.25, 0.3) is 0 Å². The number of aliphatic hydroxyl groups excluding tert-OH is 2. The van der Waals surface area contributed by atoms with E-state index in [4.69, 9.17) is 15.2 Å². The minimum absolute atomic E-state index is 0.341. The van der Waals surface area contributed by atoms with Crippen LogP contribution in [0.1, 0.15) is 155 Å². The average molecular weight is 573 g/mol. The van der Waals surface area contributed by atoms with Gasteiger partial charge in [-0.05, 0) is 12.8 Å². The van der Waals surface area contributed by atoms with Crippen LogP contribution >= 0.6 is 0 Å². The minimum atomic E-state index is -0.341. The van der Waals surface area contributed by atoms with Gasteiger partial charge in [0.05, 0.1) is 38.6 Å². The van der Waals surface area contributed by atoms with E-state index in [1.54, 1.807) is 0 Å². The Hall–Kier alpha value is -0.240. The number of hydrogen-bond acceptors (Lipinski definition) is 6. The quantitative estimate of drug-likeness (QED) is 0.0687. The molecule has 6 heteroatoms. The molecule has 0 heterocycles. The number of nitrogens with two attached hydrogens (primary N) is 1. The molecule has 6 nitrogen and oxygen atoms in total. The van der Waals surface area contributed by atoms with E-state index in [0.717, 1.165) is 32.2 Å². The van der Waals surface area contributed by atoms with E-state index < -0.39 is 0 Å². The summed E-state index contributed by atoms with van der Waals surface area (Å²) in [5, 5.41) is 21.4. The lowest BCUT2D eigenvalue weighted by molar-refractivity contribution is 0.0196. The third kappa shape index (κ3) is 30.7. The number of rotatable bonds is 34. The summed E-state index contributed by atoms with van der Waals surface area (Å²) < 4.78 is 11.1. The zero-order valence-corrected chi connectivity index (χ0v) is 27.1. The number of nitrogens with zero attached hydrogens (tertiary/aromatic N) is 1. The molecule has 0 aromatic carbocycles. The maximum atomic E-state index is 10.7. The topological polar surface area (TPSA) is 88.2 Å². The number of unbranched alkanes of at least 4 members (excludes halogenated alkanes) is 18. The van der Waals surface area contributed by atoms with Crippen LogP contribution in [0.5, 0.6) is 0 Å². The van der Waals surface area contributed by atoms with Gasteiger partial charge in [-0.25, -0.2) is 0 Å². The molecule has 0 amide bonds. The average Bonchev–Trinajstić information content (AvgIpc) is 2.94. The second-order valence-electron chi connectivity index (χ2n) is 12.0. The molecule has 0 aromatic rings. The lowest BCUT2D eigenvalue weighted by atomic mass is 10.0. The third-order valence-corrected chi connectivity index (χ3v) is 7.91. The van der Waals surface area contributed by atoms with Crippen molar-refractivity contribution in [1.29, 1.82) is 0 Å². The number of hydrogen-bond donors (Lipinski definition) is 3. The molecule has 0 spiro atoms. The lowest BCUT2D eigenvalue weighted by Crippen LogP contribution is -2.40. The molecule has 2 atom stereocenters. The Bertz CT molecular complexity index is 437. The van der Waals surface area contributed by atoms with Crippen LogP contribution in [-0.4, -0.2) is 79.9 Å². The molecule has 40 heavy (non-hydrogen) atoms. The number of ether oxygens (including phenoxy) is 2. The largest absolute Gasteiger partial charge is 0.392 e. The fraction of sp³-hybridized carbons (Fsp3) is 1.00. The Morgan fingerprint density at radius 3 is 1.23 bits per heavy atom. The molecule has 0 aliphatic heterocycles. The summed E-state index contributed by atoms with van der Waals surface area (Å²) in [4.78, 5) is 2.20. The number of aliphatic hydroxyl groups is 2. The molecule has 0 aliphatic rings. The molecule has 0 aliphatic carbocycles. The Kier molecular flexibility index (Phi) is 33.1. The van der Waals surface area contributed by atoms with Crippen LogP contribution in [0.3, 0.4) is 0 Å². The Balaban J connectivity index is 4.13. The first-order valence-electron chi connectivity index (χ1n) is 17.6. The Morgan fingerprint density at radius 1 is 0.500 bits per heavy atom. The van der Waals surface area contributed by atoms with Crippen molar-refractivity contribution in [2.75, 3.05) is 52.6 Å². The fourth-order valence-corrected chi connectivity index (χ4v) is 5.37. The molecule has 2 unspecified atom stereocenters. The van der Waals surface area contributed by atoms with Crippen molar-refractivity contribution in [2.24, 2.45) is 5.73 Å². The summed E-state index contributed by atoms with van der Waals surface area (Å²) in [7, 11) is 0. The maximum absolute atomic E-state index is 10.7. The molecule has 0 fully saturated rings. The second kappa shape index (κ2) is 33.3. The first-order chi connectivity index (χ1) is 19.6. The van der Waals surface area contributed by atoms with Crippen molar-refractivity contribution in [1.82, 2.24) is 4.90 Å². The van der Waals surface area contributed by atoms with Crippen LogP contribution in [0.15, 0.2) is 0 Å². The summed E-state index contributed by atoms with van der Waals surface area (Å²) >= 11 is 0. The lowest BCUT2D eigenvalue weighted by Gasteiger charge is -2.27. The van der Waals surface area contributed by atoms with E-state index in [-0.39, 0.29) is 12.2 Å². The normalized spacial score (nSPS) is 13.3. The highest BCUT2D eigenvalue weighted by molar-refractivity contribution is 4.70. The van der Waals surface area contributed by atoms with Crippen LogP contribution < -0.4 is 5.73 Å². The van der Waals surface area contributed by atoms with Gasteiger partial charge in [0.25, 0.3) is 0 Å². The van der Waals surface area contributed by atoms with Gasteiger partial charge in [-0.15, -0.1) is 0 Å². The standard InChI is InChI=1S/C34H72N2O4/c1-3-5-7-9-11-13-15-17-19-21-23-33(37)31-36(26-28-40-30-29-39-27-25-35)32-34(38)24-22-20-18-16-14-12-10-8-6-4-2/h33-34,37-38H,3-32,35H2,1-2H3. The predicted molar refractivity (Wildman–Crippen MR) is 172 cm³/mol. The van der Waals surface area contributed by atoms with Crippen molar-refractivity contribution >= 4 is 0 Å². The first-order valence-corrected chi connectivity index (χ1v) is 17.6. The van der Waals surface area contributed by atoms with Gasteiger partial charge in [0.2, 0.25) is 0 Å². The van der Waals surface area contributed by atoms with Gasteiger partial charge in [-0.3, -0.25) is 4.90 Å². The van der Waals surface area contributed by atoms with Crippen molar-refractivity contribution in [3.05, 3.63) is 0 Å². The third-order valence-electron chi connectivity index (χ3n) is 7.91. The van der Waals surface area contributed by atoms with E-state index in [9.17, 15) is 10.2 Å². The minimum Gasteiger partial charge on any atom is -0.392 e. The van der Waals surface area contributed by atoms with Crippen molar-refractivity contribution in [2.45, 2.75) is 167 Å².